The number of ether oxygens (including phenoxy) is 2. The number of nitrogens with one attached hydrogen (secondary N) is 1. The van der Waals surface area contributed by atoms with Crippen LogP contribution in [-0.4, -0.2) is 25.7 Å². The number of hydrogen-bond donors (Lipinski definition) is 1. The van der Waals surface area contributed by atoms with Gasteiger partial charge in [0.25, 0.3) is 0 Å². The molecule has 0 aliphatic carbocycles. The lowest BCUT2D eigenvalue weighted by molar-refractivity contribution is -0.143. The van der Waals surface area contributed by atoms with E-state index in [0.717, 1.165) is 37.3 Å². The van der Waals surface area contributed by atoms with Gasteiger partial charge in [0.1, 0.15) is 5.75 Å². The average Bonchev–Trinajstić information content (AvgIpc) is 2.50. The van der Waals surface area contributed by atoms with E-state index in [-0.39, 0.29) is 12.0 Å². The topological polar surface area (TPSA) is 47.6 Å². The first-order valence-corrected chi connectivity index (χ1v) is 7.83. The van der Waals surface area contributed by atoms with Crippen LogP contribution in [0.4, 0.5) is 0 Å². The van der Waals surface area contributed by atoms with E-state index in [1.807, 2.05) is 31.2 Å². The Morgan fingerprint density at radius 1 is 1.14 bits per heavy atom. The lowest BCUT2D eigenvalue weighted by Crippen LogP contribution is -2.25. The van der Waals surface area contributed by atoms with E-state index in [1.165, 1.54) is 0 Å². The molecular formula is C17H27NO3. The van der Waals surface area contributed by atoms with Gasteiger partial charge in [-0.2, -0.15) is 0 Å². The van der Waals surface area contributed by atoms with Gasteiger partial charge in [-0.05, 0) is 44.0 Å². The molecule has 118 valence electrons. The molecule has 0 bridgehead atoms. The normalized spacial score (nSPS) is 12.0. The number of carbonyl (C=O) groups excluding carboxylic acids is 1. The predicted octanol–water partition coefficient (Wildman–Crippen LogP) is 3.47. The summed E-state index contributed by atoms with van der Waals surface area (Å²) in [5, 5.41) is 3.40. The molecule has 0 fully saturated rings. The molecule has 1 atom stereocenters. The molecular weight excluding hydrogens is 266 g/mol. The maximum atomic E-state index is 11.7. The SMILES string of the molecule is CCCNC(CC(=O)OCC)c1ccc(OCCC)cc1. The second-order valence-corrected chi connectivity index (χ2v) is 4.93. The highest BCUT2D eigenvalue weighted by atomic mass is 16.5. The van der Waals surface area contributed by atoms with Crippen molar-refractivity contribution < 1.29 is 14.3 Å². The van der Waals surface area contributed by atoms with Crippen LogP contribution in [0, 0.1) is 0 Å². The summed E-state index contributed by atoms with van der Waals surface area (Å²) in [6, 6.07) is 7.92. The maximum Gasteiger partial charge on any atom is 0.307 e. The quantitative estimate of drug-likeness (QED) is 0.671. The first kappa shape index (κ1) is 17.5. The van der Waals surface area contributed by atoms with Gasteiger partial charge < -0.3 is 14.8 Å². The van der Waals surface area contributed by atoms with Gasteiger partial charge in [0.2, 0.25) is 0 Å². The van der Waals surface area contributed by atoms with Crippen molar-refractivity contribution in [2.75, 3.05) is 19.8 Å². The molecule has 0 spiro atoms. The molecule has 1 N–H and O–H groups in total. The average molecular weight is 293 g/mol. The third kappa shape index (κ3) is 6.63. The van der Waals surface area contributed by atoms with Crippen molar-refractivity contribution in [1.29, 1.82) is 0 Å². The minimum atomic E-state index is -0.169. The fraction of sp³-hybridized carbons (Fsp3) is 0.588. The largest absolute Gasteiger partial charge is 0.494 e. The van der Waals surface area contributed by atoms with Crippen molar-refractivity contribution in [3.05, 3.63) is 29.8 Å². The predicted molar refractivity (Wildman–Crippen MR) is 84.5 cm³/mol. The molecule has 1 aromatic rings. The van der Waals surface area contributed by atoms with E-state index < -0.39 is 0 Å². The zero-order chi connectivity index (χ0) is 15.5. The Bertz CT molecular complexity index is 403. The smallest absolute Gasteiger partial charge is 0.307 e. The second-order valence-electron chi connectivity index (χ2n) is 4.93. The Morgan fingerprint density at radius 3 is 2.43 bits per heavy atom. The minimum absolute atomic E-state index is 0.00998. The Kier molecular flexibility index (Phi) is 8.51. The molecule has 1 aromatic carbocycles. The number of carbonyl (C=O) groups is 1. The molecule has 0 heterocycles. The maximum absolute atomic E-state index is 11.7. The molecule has 0 radical (unpaired) electrons. The van der Waals surface area contributed by atoms with E-state index in [4.69, 9.17) is 9.47 Å². The molecule has 4 heteroatoms. The Labute approximate surface area is 127 Å². The van der Waals surface area contributed by atoms with Crippen molar-refractivity contribution in [1.82, 2.24) is 5.32 Å². The van der Waals surface area contributed by atoms with E-state index in [1.54, 1.807) is 0 Å². The molecule has 1 unspecified atom stereocenters. The lowest BCUT2D eigenvalue weighted by Gasteiger charge is -2.18. The zero-order valence-electron chi connectivity index (χ0n) is 13.4. The minimum Gasteiger partial charge on any atom is -0.494 e. The second kappa shape index (κ2) is 10.2. The zero-order valence-corrected chi connectivity index (χ0v) is 13.4. The van der Waals surface area contributed by atoms with Crippen LogP contribution in [0.2, 0.25) is 0 Å². The van der Waals surface area contributed by atoms with E-state index >= 15 is 0 Å². The third-order valence-corrected chi connectivity index (χ3v) is 3.07. The lowest BCUT2D eigenvalue weighted by atomic mass is 10.0. The summed E-state index contributed by atoms with van der Waals surface area (Å²) < 4.78 is 10.6. The van der Waals surface area contributed by atoms with Gasteiger partial charge in [0.15, 0.2) is 0 Å². The van der Waals surface area contributed by atoms with E-state index in [9.17, 15) is 4.79 Å². The van der Waals surface area contributed by atoms with Crippen LogP contribution in [-0.2, 0) is 9.53 Å². The van der Waals surface area contributed by atoms with Crippen LogP contribution in [0.1, 0.15) is 51.6 Å². The number of hydrogen-bond acceptors (Lipinski definition) is 4. The Morgan fingerprint density at radius 2 is 1.86 bits per heavy atom. The summed E-state index contributed by atoms with van der Waals surface area (Å²) in [5.41, 5.74) is 1.08. The first-order valence-electron chi connectivity index (χ1n) is 7.83. The van der Waals surface area contributed by atoms with Crippen LogP contribution in [0.15, 0.2) is 24.3 Å². The molecule has 21 heavy (non-hydrogen) atoms. The van der Waals surface area contributed by atoms with Crippen molar-refractivity contribution in [3.8, 4) is 5.75 Å². The van der Waals surface area contributed by atoms with E-state index in [2.05, 4.69) is 19.2 Å². The van der Waals surface area contributed by atoms with Crippen LogP contribution in [0.3, 0.4) is 0 Å². The fourth-order valence-corrected chi connectivity index (χ4v) is 2.03. The van der Waals surface area contributed by atoms with Crippen LogP contribution >= 0.6 is 0 Å². The van der Waals surface area contributed by atoms with Gasteiger partial charge in [0, 0.05) is 6.04 Å². The van der Waals surface area contributed by atoms with Crippen molar-refractivity contribution in [2.45, 2.75) is 46.1 Å². The first-order chi connectivity index (χ1) is 10.2. The summed E-state index contributed by atoms with van der Waals surface area (Å²) in [4.78, 5) is 11.7. The van der Waals surface area contributed by atoms with Gasteiger partial charge in [-0.15, -0.1) is 0 Å². The summed E-state index contributed by atoms with van der Waals surface area (Å²) in [6.45, 7) is 8.03. The highest BCUT2D eigenvalue weighted by Crippen LogP contribution is 2.21. The summed E-state index contributed by atoms with van der Waals surface area (Å²) >= 11 is 0. The van der Waals surface area contributed by atoms with Gasteiger partial charge in [-0.3, -0.25) is 4.79 Å². The highest BCUT2D eigenvalue weighted by Gasteiger charge is 2.16. The number of rotatable bonds is 10. The van der Waals surface area contributed by atoms with Crippen LogP contribution < -0.4 is 10.1 Å². The molecule has 0 saturated carbocycles. The van der Waals surface area contributed by atoms with Gasteiger partial charge in [0.05, 0.1) is 19.6 Å². The van der Waals surface area contributed by atoms with Gasteiger partial charge in [-0.1, -0.05) is 26.0 Å². The molecule has 4 nitrogen and oxygen atoms in total. The monoisotopic (exact) mass is 293 g/mol. The summed E-state index contributed by atoms with van der Waals surface area (Å²) in [7, 11) is 0. The molecule has 1 rings (SSSR count). The fourth-order valence-electron chi connectivity index (χ4n) is 2.03. The van der Waals surface area contributed by atoms with Crippen LogP contribution in [0.25, 0.3) is 0 Å². The van der Waals surface area contributed by atoms with Crippen molar-refractivity contribution in [2.24, 2.45) is 0 Å². The molecule has 0 aliphatic rings. The highest BCUT2D eigenvalue weighted by molar-refractivity contribution is 5.70. The molecule has 0 amide bonds. The molecule has 0 saturated heterocycles. The Hall–Kier alpha value is -1.55. The summed E-state index contributed by atoms with van der Waals surface area (Å²) in [5.74, 6) is 0.698. The van der Waals surface area contributed by atoms with Gasteiger partial charge in [-0.25, -0.2) is 0 Å². The van der Waals surface area contributed by atoms with Gasteiger partial charge >= 0.3 is 5.97 Å². The summed E-state index contributed by atoms with van der Waals surface area (Å²) in [6.07, 6.45) is 2.37. The van der Waals surface area contributed by atoms with Crippen LogP contribution in [0.5, 0.6) is 5.75 Å². The molecule has 0 aliphatic heterocycles. The van der Waals surface area contributed by atoms with Crippen molar-refractivity contribution in [3.63, 3.8) is 0 Å². The van der Waals surface area contributed by atoms with Crippen molar-refractivity contribution >= 4 is 5.97 Å². The third-order valence-electron chi connectivity index (χ3n) is 3.07. The number of benzene rings is 1. The standard InChI is InChI=1S/C17H27NO3/c1-4-11-18-16(13-17(19)20-6-3)14-7-9-15(10-8-14)21-12-5-2/h7-10,16,18H,4-6,11-13H2,1-3H3. The Balaban J connectivity index is 2.69. The van der Waals surface area contributed by atoms with E-state index in [0.29, 0.717) is 13.0 Å². The number of esters is 1. The molecule has 0 aromatic heterocycles.